The summed E-state index contributed by atoms with van der Waals surface area (Å²) in [5.41, 5.74) is 6.30. The van der Waals surface area contributed by atoms with Crippen molar-refractivity contribution < 1.29 is 9.13 Å². The lowest BCUT2D eigenvalue weighted by Gasteiger charge is -2.05. The summed E-state index contributed by atoms with van der Waals surface area (Å²) < 4.78 is 18.1. The van der Waals surface area contributed by atoms with Gasteiger partial charge in [0.25, 0.3) is 0 Å². The first-order valence-corrected chi connectivity index (χ1v) is 3.94. The van der Waals surface area contributed by atoms with E-state index in [0.717, 1.165) is 0 Å². The molecule has 13 heavy (non-hydrogen) atoms. The Bertz CT molecular complexity index is 334. The number of nitrogens with two attached hydrogens (primary N) is 1. The number of nitrogen functional groups attached to an aromatic ring is 1. The van der Waals surface area contributed by atoms with Crippen LogP contribution < -0.4 is 10.5 Å². The van der Waals surface area contributed by atoms with E-state index in [2.05, 4.69) is 0 Å². The zero-order chi connectivity index (χ0) is 9.84. The van der Waals surface area contributed by atoms with Gasteiger partial charge in [-0.1, -0.05) is 12.2 Å². The summed E-state index contributed by atoms with van der Waals surface area (Å²) in [6, 6.07) is 2.83. The molecule has 0 spiro atoms. The summed E-state index contributed by atoms with van der Waals surface area (Å²) >= 11 is 0. The van der Waals surface area contributed by atoms with Gasteiger partial charge in [0.05, 0.1) is 12.8 Å². The van der Waals surface area contributed by atoms with Gasteiger partial charge >= 0.3 is 0 Å². The second-order valence-electron chi connectivity index (χ2n) is 2.62. The molecule has 0 radical (unpaired) electrons. The SMILES string of the molecule is C/C=C/c1cc(OC)c(N)cc1F. The highest BCUT2D eigenvalue weighted by molar-refractivity contribution is 5.61. The molecule has 0 bridgehead atoms. The Balaban J connectivity index is 3.22. The fraction of sp³-hybridized carbons (Fsp3) is 0.200. The summed E-state index contributed by atoms with van der Waals surface area (Å²) in [6.07, 6.45) is 3.42. The van der Waals surface area contributed by atoms with Gasteiger partial charge in [-0.3, -0.25) is 0 Å². The van der Waals surface area contributed by atoms with E-state index in [4.69, 9.17) is 10.5 Å². The molecule has 1 aromatic rings. The number of methoxy groups -OCH3 is 1. The first-order valence-electron chi connectivity index (χ1n) is 3.94. The maximum Gasteiger partial charge on any atom is 0.142 e. The molecule has 1 aromatic carbocycles. The van der Waals surface area contributed by atoms with Crippen molar-refractivity contribution >= 4 is 11.8 Å². The van der Waals surface area contributed by atoms with Crippen LogP contribution in [0.15, 0.2) is 18.2 Å². The molecule has 0 saturated heterocycles. The van der Waals surface area contributed by atoms with Crippen LogP contribution in [0.25, 0.3) is 6.08 Å². The molecule has 70 valence electrons. The van der Waals surface area contributed by atoms with Crippen molar-refractivity contribution in [2.24, 2.45) is 0 Å². The van der Waals surface area contributed by atoms with Gasteiger partial charge in [0.2, 0.25) is 0 Å². The van der Waals surface area contributed by atoms with Crippen molar-refractivity contribution in [1.82, 2.24) is 0 Å². The van der Waals surface area contributed by atoms with Crippen molar-refractivity contribution in [2.45, 2.75) is 6.92 Å². The standard InChI is InChI=1S/C10H12FNO/c1-3-4-7-5-10(13-2)9(12)6-8(7)11/h3-6H,12H2,1-2H3/b4-3+. The molecule has 0 fully saturated rings. The fourth-order valence-electron chi connectivity index (χ4n) is 1.07. The second kappa shape index (κ2) is 3.94. The van der Waals surface area contributed by atoms with Crippen molar-refractivity contribution in [2.75, 3.05) is 12.8 Å². The Morgan fingerprint density at radius 2 is 2.15 bits per heavy atom. The largest absolute Gasteiger partial charge is 0.495 e. The highest BCUT2D eigenvalue weighted by Crippen LogP contribution is 2.25. The highest BCUT2D eigenvalue weighted by atomic mass is 19.1. The Hall–Kier alpha value is -1.51. The monoisotopic (exact) mass is 181 g/mol. The molecule has 0 aliphatic rings. The molecule has 0 aliphatic carbocycles. The lowest BCUT2D eigenvalue weighted by atomic mass is 10.1. The minimum absolute atomic E-state index is 0.313. The van der Waals surface area contributed by atoms with Crippen molar-refractivity contribution in [1.29, 1.82) is 0 Å². The Labute approximate surface area is 76.8 Å². The molecule has 0 aliphatic heterocycles. The molecule has 0 atom stereocenters. The van der Waals surface area contributed by atoms with E-state index in [1.165, 1.54) is 13.2 Å². The Kier molecular flexibility index (Phi) is 2.90. The predicted octanol–water partition coefficient (Wildman–Crippen LogP) is 2.45. The van der Waals surface area contributed by atoms with Gasteiger partial charge in [-0.05, 0) is 13.0 Å². The minimum atomic E-state index is -0.337. The molecule has 0 aromatic heterocycles. The van der Waals surface area contributed by atoms with Crippen molar-refractivity contribution in [3.8, 4) is 5.75 Å². The van der Waals surface area contributed by atoms with Crippen LogP contribution in [0, 0.1) is 5.82 Å². The van der Waals surface area contributed by atoms with Gasteiger partial charge in [0.1, 0.15) is 11.6 Å². The van der Waals surface area contributed by atoms with Gasteiger partial charge in [0, 0.05) is 11.6 Å². The van der Waals surface area contributed by atoms with Gasteiger partial charge < -0.3 is 10.5 Å². The first-order chi connectivity index (χ1) is 6.19. The average molecular weight is 181 g/mol. The molecule has 3 heteroatoms. The lowest BCUT2D eigenvalue weighted by molar-refractivity contribution is 0.416. The number of rotatable bonds is 2. The number of benzene rings is 1. The molecule has 0 amide bonds. The summed E-state index contributed by atoms with van der Waals surface area (Å²) in [5.74, 6) is 0.158. The lowest BCUT2D eigenvalue weighted by Crippen LogP contribution is -1.95. The third kappa shape index (κ3) is 1.99. The number of ether oxygens (including phenoxy) is 1. The fourth-order valence-corrected chi connectivity index (χ4v) is 1.07. The second-order valence-corrected chi connectivity index (χ2v) is 2.62. The minimum Gasteiger partial charge on any atom is -0.495 e. The highest BCUT2D eigenvalue weighted by Gasteiger charge is 2.05. The Morgan fingerprint density at radius 1 is 1.46 bits per heavy atom. The smallest absolute Gasteiger partial charge is 0.142 e. The zero-order valence-electron chi connectivity index (χ0n) is 7.67. The summed E-state index contributed by atoms with van der Waals surface area (Å²) in [6.45, 7) is 1.82. The molecule has 2 nitrogen and oxygen atoms in total. The van der Waals surface area contributed by atoms with Gasteiger partial charge in [0.15, 0.2) is 0 Å². The Morgan fingerprint density at radius 3 is 2.69 bits per heavy atom. The van der Waals surface area contributed by atoms with Crippen molar-refractivity contribution in [3.63, 3.8) is 0 Å². The van der Waals surface area contributed by atoms with Crippen LogP contribution in [0.1, 0.15) is 12.5 Å². The van der Waals surface area contributed by atoms with E-state index in [9.17, 15) is 4.39 Å². The molecule has 0 heterocycles. The first kappa shape index (κ1) is 9.58. The molecule has 0 unspecified atom stereocenters. The van der Waals surface area contributed by atoms with E-state index in [-0.39, 0.29) is 5.82 Å². The van der Waals surface area contributed by atoms with Gasteiger partial charge in [-0.2, -0.15) is 0 Å². The van der Waals surface area contributed by atoms with Crippen LogP contribution in [-0.2, 0) is 0 Å². The third-order valence-electron chi connectivity index (χ3n) is 1.70. The molecule has 2 N–H and O–H groups in total. The third-order valence-corrected chi connectivity index (χ3v) is 1.70. The van der Waals surface area contributed by atoms with Gasteiger partial charge in [-0.25, -0.2) is 4.39 Å². The maximum atomic E-state index is 13.2. The van der Waals surface area contributed by atoms with E-state index in [1.807, 2.05) is 6.92 Å². The van der Waals surface area contributed by atoms with E-state index in [0.29, 0.717) is 17.0 Å². The maximum absolute atomic E-state index is 13.2. The summed E-state index contributed by atoms with van der Waals surface area (Å²) in [5, 5.41) is 0. The predicted molar refractivity (Wildman–Crippen MR) is 52.1 cm³/mol. The van der Waals surface area contributed by atoms with Crippen LogP contribution in [0.3, 0.4) is 0 Å². The van der Waals surface area contributed by atoms with Crippen LogP contribution in [0.4, 0.5) is 10.1 Å². The number of hydrogen-bond donors (Lipinski definition) is 1. The average Bonchev–Trinajstić information content (AvgIpc) is 2.10. The molecular formula is C10H12FNO. The van der Waals surface area contributed by atoms with Crippen LogP contribution >= 0.6 is 0 Å². The number of allylic oxidation sites excluding steroid dienone is 1. The van der Waals surface area contributed by atoms with Crippen LogP contribution in [0.2, 0.25) is 0 Å². The number of anilines is 1. The summed E-state index contributed by atoms with van der Waals surface area (Å²) in [7, 11) is 1.50. The number of halogens is 1. The van der Waals surface area contributed by atoms with E-state index < -0.39 is 0 Å². The van der Waals surface area contributed by atoms with E-state index in [1.54, 1.807) is 18.2 Å². The molecular weight excluding hydrogens is 169 g/mol. The van der Waals surface area contributed by atoms with Crippen LogP contribution in [0.5, 0.6) is 5.75 Å². The number of hydrogen-bond acceptors (Lipinski definition) is 2. The normalized spacial score (nSPS) is 10.7. The molecule has 0 saturated carbocycles. The zero-order valence-corrected chi connectivity index (χ0v) is 7.67. The van der Waals surface area contributed by atoms with Crippen molar-refractivity contribution in [3.05, 3.63) is 29.6 Å². The van der Waals surface area contributed by atoms with Crippen LogP contribution in [-0.4, -0.2) is 7.11 Å². The van der Waals surface area contributed by atoms with Gasteiger partial charge in [-0.15, -0.1) is 0 Å². The molecule has 1 rings (SSSR count). The quantitative estimate of drug-likeness (QED) is 0.711. The summed E-state index contributed by atoms with van der Waals surface area (Å²) in [4.78, 5) is 0. The topological polar surface area (TPSA) is 35.2 Å². The van der Waals surface area contributed by atoms with E-state index >= 15 is 0 Å².